The van der Waals surface area contributed by atoms with Crippen molar-refractivity contribution >= 4 is 23.1 Å². The molecule has 1 rings (SSSR count). The summed E-state index contributed by atoms with van der Waals surface area (Å²) in [7, 11) is 1.88. The molecule has 0 atom stereocenters. The van der Waals surface area contributed by atoms with Crippen LogP contribution in [-0.4, -0.2) is 20.7 Å². The number of hydrogen-bond acceptors (Lipinski definition) is 3. The van der Waals surface area contributed by atoms with Gasteiger partial charge in [-0.1, -0.05) is 33.0 Å². The molecule has 6 heteroatoms. The van der Waals surface area contributed by atoms with Crippen LogP contribution in [0.25, 0.3) is 0 Å². The van der Waals surface area contributed by atoms with Crippen molar-refractivity contribution in [2.45, 2.75) is 46.6 Å². The number of amides is 1. The lowest BCUT2D eigenvalue weighted by atomic mass is 9.81. The Balaban J connectivity index is 2.82. The van der Waals surface area contributed by atoms with E-state index in [1.165, 1.54) is 0 Å². The molecule has 1 aromatic heterocycles. The lowest BCUT2D eigenvalue weighted by Crippen LogP contribution is -2.48. The maximum atomic E-state index is 12.4. The van der Waals surface area contributed by atoms with E-state index in [2.05, 4.69) is 10.4 Å². The van der Waals surface area contributed by atoms with Gasteiger partial charge in [-0.3, -0.25) is 9.48 Å². The van der Waals surface area contributed by atoms with E-state index >= 15 is 0 Å². The van der Waals surface area contributed by atoms with Crippen molar-refractivity contribution in [3.63, 3.8) is 0 Å². The van der Waals surface area contributed by atoms with Crippen LogP contribution in [0, 0.1) is 5.41 Å². The van der Waals surface area contributed by atoms with Gasteiger partial charge in [0.05, 0.1) is 16.1 Å². The smallest absolute Gasteiger partial charge is 0.233 e. The Kier molecular flexibility index (Phi) is 5.68. The molecule has 0 aliphatic rings. The van der Waals surface area contributed by atoms with Gasteiger partial charge >= 0.3 is 0 Å². The minimum Gasteiger partial charge on any atom is -0.392 e. The summed E-state index contributed by atoms with van der Waals surface area (Å²) in [5.41, 5.74) is 7.07. The highest BCUT2D eigenvalue weighted by molar-refractivity contribution is 7.80. The zero-order valence-electron chi connectivity index (χ0n) is 12.7. The maximum Gasteiger partial charge on any atom is 0.233 e. The number of thiocarbonyl (C=S) groups is 1. The minimum absolute atomic E-state index is 0.0964. The predicted octanol–water partition coefficient (Wildman–Crippen LogP) is 1.69. The summed E-state index contributed by atoms with van der Waals surface area (Å²) < 4.78 is 1.76. The second-order valence-electron chi connectivity index (χ2n) is 4.96. The van der Waals surface area contributed by atoms with E-state index in [0.29, 0.717) is 19.4 Å². The molecule has 0 radical (unpaired) electrons. The Morgan fingerprint density at radius 3 is 2.50 bits per heavy atom. The minimum atomic E-state index is -0.746. The summed E-state index contributed by atoms with van der Waals surface area (Å²) in [6, 6.07) is 0. The first-order valence-corrected chi connectivity index (χ1v) is 7.41. The van der Waals surface area contributed by atoms with Crippen LogP contribution in [0.5, 0.6) is 0 Å². The van der Waals surface area contributed by atoms with Crippen LogP contribution in [0.1, 0.15) is 44.9 Å². The maximum absolute atomic E-state index is 12.4. The fraction of sp³-hybridized carbons (Fsp3) is 0.643. The molecule has 0 fully saturated rings. The molecule has 3 N–H and O–H groups in total. The van der Waals surface area contributed by atoms with Gasteiger partial charge < -0.3 is 11.1 Å². The van der Waals surface area contributed by atoms with Gasteiger partial charge in [-0.2, -0.15) is 5.10 Å². The Hall–Kier alpha value is -1.43. The van der Waals surface area contributed by atoms with Crippen molar-refractivity contribution in [3.8, 4) is 0 Å². The van der Waals surface area contributed by atoms with E-state index in [9.17, 15) is 4.79 Å². The third kappa shape index (κ3) is 3.17. The Labute approximate surface area is 125 Å². The molecular weight excluding hydrogens is 272 g/mol. The van der Waals surface area contributed by atoms with Crippen LogP contribution < -0.4 is 11.1 Å². The van der Waals surface area contributed by atoms with Crippen LogP contribution >= 0.6 is 12.2 Å². The predicted molar refractivity (Wildman–Crippen MR) is 84.2 cm³/mol. The van der Waals surface area contributed by atoms with Crippen molar-refractivity contribution in [2.24, 2.45) is 18.2 Å². The van der Waals surface area contributed by atoms with E-state index in [-0.39, 0.29) is 10.9 Å². The molecule has 1 aromatic rings. The first-order chi connectivity index (χ1) is 9.41. The van der Waals surface area contributed by atoms with Gasteiger partial charge in [-0.15, -0.1) is 0 Å². The van der Waals surface area contributed by atoms with Gasteiger partial charge in [-0.25, -0.2) is 0 Å². The molecule has 112 valence electrons. The number of nitrogens with two attached hydrogens (primary N) is 1. The van der Waals surface area contributed by atoms with Crippen LogP contribution in [0.2, 0.25) is 0 Å². The van der Waals surface area contributed by atoms with E-state index in [0.717, 1.165) is 17.7 Å². The molecular formula is C14H24N4OS. The molecule has 0 aliphatic heterocycles. The van der Waals surface area contributed by atoms with Gasteiger partial charge in [0, 0.05) is 25.4 Å². The monoisotopic (exact) mass is 296 g/mol. The molecule has 0 bridgehead atoms. The summed E-state index contributed by atoms with van der Waals surface area (Å²) in [6.45, 7) is 6.37. The quantitative estimate of drug-likeness (QED) is 0.751. The van der Waals surface area contributed by atoms with Gasteiger partial charge in [0.2, 0.25) is 5.91 Å². The standard InChI is InChI=1S/C14H24N4OS/c1-5-11-10(9-18(4)17-11)8-16-13(19)14(6-2,7-3)12(15)20/h9H,5-8H2,1-4H3,(H2,15,20)(H,16,19). The van der Waals surface area contributed by atoms with Crippen molar-refractivity contribution in [2.75, 3.05) is 0 Å². The molecule has 0 saturated heterocycles. The Morgan fingerprint density at radius 2 is 2.05 bits per heavy atom. The summed E-state index contributed by atoms with van der Waals surface area (Å²) in [4.78, 5) is 12.7. The lowest BCUT2D eigenvalue weighted by molar-refractivity contribution is -0.128. The number of rotatable bonds is 7. The third-order valence-corrected chi connectivity index (χ3v) is 4.27. The molecule has 0 spiro atoms. The Bertz CT molecular complexity index is 491. The normalized spacial score (nSPS) is 11.4. The van der Waals surface area contributed by atoms with Gasteiger partial charge in [0.1, 0.15) is 0 Å². The first kappa shape index (κ1) is 16.6. The van der Waals surface area contributed by atoms with Crippen molar-refractivity contribution in [3.05, 3.63) is 17.5 Å². The molecule has 1 amide bonds. The number of nitrogens with zero attached hydrogens (tertiary/aromatic N) is 2. The Morgan fingerprint density at radius 1 is 1.45 bits per heavy atom. The SMILES string of the molecule is CCc1nn(C)cc1CNC(=O)C(CC)(CC)C(N)=S. The number of aromatic nitrogens is 2. The zero-order chi connectivity index (χ0) is 15.3. The molecule has 1 heterocycles. The molecule has 5 nitrogen and oxygen atoms in total. The molecule has 0 saturated carbocycles. The van der Waals surface area contributed by atoms with Crippen LogP contribution in [0.15, 0.2) is 6.20 Å². The van der Waals surface area contributed by atoms with Crippen LogP contribution in [0.3, 0.4) is 0 Å². The topological polar surface area (TPSA) is 72.9 Å². The highest BCUT2D eigenvalue weighted by atomic mass is 32.1. The molecule has 0 aliphatic carbocycles. The molecule has 0 aromatic carbocycles. The van der Waals surface area contributed by atoms with Crippen LogP contribution in [0.4, 0.5) is 0 Å². The lowest BCUT2D eigenvalue weighted by Gasteiger charge is -2.28. The number of hydrogen-bond donors (Lipinski definition) is 2. The number of nitrogens with one attached hydrogen (secondary N) is 1. The average Bonchev–Trinajstić information content (AvgIpc) is 2.78. The number of aryl methyl sites for hydroxylation is 2. The number of carbonyl (C=O) groups is 1. The van der Waals surface area contributed by atoms with Gasteiger partial charge in [-0.05, 0) is 19.3 Å². The second kappa shape index (κ2) is 6.83. The summed E-state index contributed by atoms with van der Waals surface area (Å²) in [5.74, 6) is -0.0964. The number of carbonyl (C=O) groups excluding carboxylic acids is 1. The van der Waals surface area contributed by atoms with E-state index in [1.54, 1.807) is 4.68 Å². The van der Waals surface area contributed by atoms with E-state index in [4.69, 9.17) is 18.0 Å². The van der Waals surface area contributed by atoms with Gasteiger partial charge in [0.15, 0.2) is 0 Å². The molecule has 20 heavy (non-hydrogen) atoms. The second-order valence-corrected chi connectivity index (χ2v) is 5.40. The van der Waals surface area contributed by atoms with Crippen molar-refractivity contribution in [1.82, 2.24) is 15.1 Å². The largest absolute Gasteiger partial charge is 0.392 e. The van der Waals surface area contributed by atoms with Crippen LogP contribution in [-0.2, 0) is 24.8 Å². The highest BCUT2D eigenvalue weighted by Gasteiger charge is 2.37. The van der Waals surface area contributed by atoms with E-state index < -0.39 is 5.41 Å². The van der Waals surface area contributed by atoms with Gasteiger partial charge in [0.25, 0.3) is 0 Å². The first-order valence-electron chi connectivity index (χ1n) is 7.00. The van der Waals surface area contributed by atoms with E-state index in [1.807, 2.05) is 34.0 Å². The summed E-state index contributed by atoms with van der Waals surface area (Å²) >= 11 is 5.09. The fourth-order valence-electron chi connectivity index (χ4n) is 2.41. The molecule has 0 unspecified atom stereocenters. The zero-order valence-corrected chi connectivity index (χ0v) is 13.5. The average molecular weight is 296 g/mol. The third-order valence-electron chi connectivity index (χ3n) is 3.88. The summed E-state index contributed by atoms with van der Waals surface area (Å²) in [5, 5.41) is 7.31. The summed E-state index contributed by atoms with van der Waals surface area (Å²) in [6.07, 6.45) is 3.99. The van der Waals surface area contributed by atoms with Crippen molar-refractivity contribution < 1.29 is 4.79 Å². The highest BCUT2D eigenvalue weighted by Crippen LogP contribution is 2.27. The fourth-order valence-corrected chi connectivity index (χ4v) is 2.79. The van der Waals surface area contributed by atoms with Crippen molar-refractivity contribution in [1.29, 1.82) is 0 Å².